The van der Waals surface area contributed by atoms with Crippen LogP contribution in [0, 0.1) is 5.92 Å². The lowest BCUT2D eigenvalue weighted by Crippen LogP contribution is -2.01. The van der Waals surface area contributed by atoms with Gasteiger partial charge in [-0.2, -0.15) is 0 Å². The first kappa shape index (κ1) is 36.0. The van der Waals surface area contributed by atoms with E-state index in [1.165, 1.54) is 20.8 Å². The molecule has 0 aromatic carbocycles. The summed E-state index contributed by atoms with van der Waals surface area (Å²) >= 11 is 0. The molecule has 0 saturated heterocycles. The SMILES string of the molecule is CC.CC.CC.CC.CC(C)(C)F.CC(C)C. The largest absolute Gasteiger partial charge is 0.245 e. The van der Waals surface area contributed by atoms with Crippen LogP contribution in [0.25, 0.3) is 0 Å². The Morgan fingerprint density at radius 2 is 0.588 bits per heavy atom. The first-order valence-electron chi connectivity index (χ1n) is 7.42. The predicted octanol–water partition coefficient (Wildman–Crippen LogP) is 7.52. The molecule has 1 heteroatoms. The molecule has 0 saturated carbocycles. The summed E-state index contributed by atoms with van der Waals surface area (Å²) in [5.74, 6) is 0.833. The number of hydrogen-bond acceptors (Lipinski definition) is 0. The van der Waals surface area contributed by atoms with Crippen molar-refractivity contribution in [3.05, 3.63) is 0 Å². The third-order valence-corrected chi connectivity index (χ3v) is 0. The summed E-state index contributed by atoms with van der Waals surface area (Å²) in [7, 11) is 0. The van der Waals surface area contributed by atoms with Crippen LogP contribution in [0.1, 0.15) is 96.9 Å². The maximum Gasteiger partial charge on any atom is 0.102 e. The van der Waals surface area contributed by atoms with Crippen molar-refractivity contribution in [3.8, 4) is 0 Å². The minimum absolute atomic E-state index is 0.833. The molecule has 0 amide bonds. The van der Waals surface area contributed by atoms with Gasteiger partial charge in [0, 0.05) is 0 Å². The minimum Gasteiger partial charge on any atom is -0.245 e. The van der Waals surface area contributed by atoms with Gasteiger partial charge in [-0.25, -0.2) is 4.39 Å². The molecule has 17 heavy (non-hydrogen) atoms. The van der Waals surface area contributed by atoms with E-state index in [1.54, 1.807) is 0 Å². The van der Waals surface area contributed by atoms with Crippen LogP contribution in [0.15, 0.2) is 0 Å². The van der Waals surface area contributed by atoms with Crippen molar-refractivity contribution in [1.29, 1.82) is 0 Å². The highest BCUT2D eigenvalue weighted by molar-refractivity contribution is 4.52. The standard InChI is InChI=1S/C4H9F.C4H10.4C2H6/c1-4(2,3)5;1-4(2)3;4*1-2/h1-3H3;4H,1-3H3;4*1-2H3. The van der Waals surface area contributed by atoms with Gasteiger partial charge < -0.3 is 0 Å². The van der Waals surface area contributed by atoms with Crippen molar-refractivity contribution < 1.29 is 4.39 Å². The maximum atomic E-state index is 11.7. The van der Waals surface area contributed by atoms with Gasteiger partial charge in [0.25, 0.3) is 0 Å². The first-order valence-corrected chi connectivity index (χ1v) is 7.42. The molecule has 0 aliphatic heterocycles. The highest BCUT2D eigenvalue weighted by Gasteiger charge is 2.01. The normalized spacial score (nSPS) is 7.06. The number of rotatable bonds is 0. The van der Waals surface area contributed by atoms with Crippen molar-refractivity contribution in [2.24, 2.45) is 5.92 Å². The van der Waals surface area contributed by atoms with E-state index in [0.717, 1.165) is 5.92 Å². The average molecular weight is 255 g/mol. The van der Waals surface area contributed by atoms with E-state index in [4.69, 9.17) is 0 Å². The summed E-state index contributed by atoms with van der Waals surface area (Å²) in [6, 6.07) is 0. The molecule has 0 N–H and O–H groups in total. The van der Waals surface area contributed by atoms with Crippen LogP contribution in [-0.2, 0) is 0 Å². The zero-order valence-corrected chi connectivity index (χ0v) is 15.5. The Bertz CT molecular complexity index is 42.3. The monoisotopic (exact) mass is 254 g/mol. The Morgan fingerprint density at radius 1 is 0.588 bits per heavy atom. The molecular formula is C16H43F. The van der Waals surface area contributed by atoms with E-state index in [0.29, 0.717) is 0 Å². The first-order chi connectivity index (χ1) is 7.73. The van der Waals surface area contributed by atoms with E-state index in [-0.39, 0.29) is 0 Å². The molecule has 0 unspecified atom stereocenters. The Balaban J connectivity index is -0.0000000228. The zero-order chi connectivity index (χ0) is 16.1. The van der Waals surface area contributed by atoms with Crippen LogP contribution >= 0.6 is 0 Å². The van der Waals surface area contributed by atoms with Gasteiger partial charge in [0.2, 0.25) is 0 Å². The lowest BCUT2D eigenvalue weighted by atomic mass is 10.2. The molecule has 114 valence electrons. The van der Waals surface area contributed by atoms with Gasteiger partial charge in [-0.3, -0.25) is 0 Å². The molecule has 0 radical (unpaired) electrons. The van der Waals surface area contributed by atoms with E-state index in [9.17, 15) is 4.39 Å². The highest BCUT2D eigenvalue weighted by Crippen LogP contribution is 2.02. The number of halogens is 1. The summed E-state index contributed by atoms with van der Waals surface area (Å²) in [4.78, 5) is 0. The average Bonchev–Trinajstić information content (AvgIpc) is 2.25. The van der Waals surface area contributed by atoms with Crippen LogP contribution in [0.2, 0.25) is 0 Å². The molecule has 0 fully saturated rings. The van der Waals surface area contributed by atoms with Crippen LogP contribution < -0.4 is 0 Å². The van der Waals surface area contributed by atoms with Crippen LogP contribution in [-0.4, -0.2) is 5.67 Å². The van der Waals surface area contributed by atoms with Crippen LogP contribution in [0.3, 0.4) is 0 Å². The molecule has 0 aromatic rings. The summed E-state index contributed by atoms with van der Waals surface area (Å²) in [6.07, 6.45) is 0. The van der Waals surface area contributed by atoms with Gasteiger partial charge in [-0.15, -0.1) is 0 Å². The minimum atomic E-state index is -1.00. The second-order valence-electron chi connectivity index (χ2n) is 3.80. The summed E-state index contributed by atoms with van der Waals surface area (Å²) in [6.45, 7) is 27.1. The number of alkyl halides is 1. The van der Waals surface area contributed by atoms with E-state index < -0.39 is 5.67 Å². The van der Waals surface area contributed by atoms with Gasteiger partial charge in [-0.05, 0) is 26.7 Å². The molecule has 0 heterocycles. The molecular weight excluding hydrogens is 211 g/mol. The molecule has 0 aromatic heterocycles. The highest BCUT2D eigenvalue weighted by atomic mass is 19.1. The molecule has 0 aliphatic carbocycles. The third kappa shape index (κ3) is 631000. The Morgan fingerprint density at radius 3 is 0.588 bits per heavy atom. The van der Waals surface area contributed by atoms with Crippen LogP contribution in [0.4, 0.5) is 4.39 Å². The number of hydrogen-bond donors (Lipinski definition) is 0. The molecule has 0 rings (SSSR count). The second kappa shape index (κ2) is 44.5. The lowest BCUT2D eigenvalue weighted by Gasteiger charge is -1.99. The van der Waals surface area contributed by atoms with Gasteiger partial charge >= 0.3 is 0 Å². The quantitative estimate of drug-likeness (QED) is 0.419. The van der Waals surface area contributed by atoms with Crippen molar-refractivity contribution >= 4 is 0 Å². The smallest absolute Gasteiger partial charge is 0.102 e. The van der Waals surface area contributed by atoms with Gasteiger partial charge in [-0.1, -0.05) is 76.2 Å². The topological polar surface area (TPSA) is 0 Å². The van der Waals surface area contributed by atoms with E-state index >= 15 is 0 Å². The Hall–Kier alpha value is -0.0700. The fourth-order valence-corrected chi connectivity index (χ4v) is 0. The fourth-order valence-electron chi connectivity index (χ4n) is 0. The predicted molar refractivity (Wildman–Crippen MR) is 86.8 cm³/mol. The third-order valence-electron chi connectivity index (χ3n) is 0. The summed E-state index contributed by atoms with van der Waals surface area (Å²) in [5.41, 5.74) is -1.00. The second-order valence-corrected chi connectivity index (χ2v) is 3.80. The van der Waals surface area contributed by atoms with Gasteiger partial charge in [0.05, 0.1) is 0 Å². The van der Waals surface area contributed by atoms with Crippen molar-refractivity contribution in [2.45, 2.75) is 103 Å². The molecule has 0 bridgehead atoms. The molecule has 0 nitrogen and oxygen atoms in total. The molecule has 0 aliphatic rings. The van der Waals surface area contributed by atoms with Gasteiger partial charge in [0.1, 0.15) is 5.67 Å². The molecule has 0 spiro atoms. The molecule has 0 atom stereocenters. The lowest BCUT2D eigenvalue weighted by molar-refractivity contribution is 0.246. The summed E-state index contributed by atoms with van der Waals surface area (Å²) in [5, 5.41) is 0. The van der Waals surface area contributed by atoms with Crippen molar-refractivity contribution in [1.82, 2.24) is 0 Å². The van der Waals surface area contributed by atoms with Crippen molar-refractivity contribution in [3.63, 3.8) is 0 Å². The summed E-state index contributed by atoms with van der Waals surface area (Å²) < 4.78 is 11.7. The Labute approximate surface area is 113 Å². The fraction of sp³-hybridized carbons (Fsp3) is 1.00. The maximum absolute atomic E-state index is 11.7. The zero-order valence-electron chi connectivity index (χ0n) is 15.5. The van der Waals surface area contributed by atoms with E-state index in [2.05, 4.69) is 20.8 Å². The van der Waals surface area contributed by atoms with Gasteiger partial charge in [0.15, 0.2) is 0 Å². The Kier molecular flexibility index (Phi) is 94.2. The van der Waals surface area contributed by atoms with Crippen LogP contribution in [0.5, 0.6) is 0 Å². The van der Waals surface area contributed by atoms with E-state index in [1.807, 2.05) is 55.4 Å². The van der Waals surface area contributed by atoms with Crippen molar-refractivity contribution in [2.75, 3.05) is 0 Å².